The predicted molar refractivity (Wildman–Crippen MR) is 62.3 cm³/mol. The molecule has 0 saturated carbocycles. The van der Waals surface area contributed by atoms with E-state index >= 15 is 0 Å². The Kier molecular flexibility index (Phi) is 16.8. The Hall–Kier alpha value is 0.293. The van der Waals surface area contributed by atoms with Gasteiger partial charge in [0.2, 0.25) is 0 Å². The molecule has 0 amide bonds. The van der Waals surface area contributed by atoms with Crippen LogP contribution in [0.25, 0.3) is 0 Å². The number of allylic oxidation sites excluding steroid dienone is 4. The second-order valence-corrected chi connectivity index (χ2v) is 3.55. The van der Waals surface area contributed by atoms with Crippen molar-refractivity contribution in [3.8, 4) is 0 Å². The minimum atomic E-state index is 0. The van der Waals surface area contributed by atoms with E-state index in [2.05, 4.69) is 57.2 Å². The van der Waals surface area contributed by atoms with Crippen LogP contribution in [0.5, 0.6) is 0 Å². The maximum absolute atomic E-state index is 3.21. The van der Waals surface area contributed by atoms with Gasteiger partial charge in [-0.3, -0.25) is 6.08 Å². The van der Waals surface area contributed by atoms with Crippen LogP contribution in [0.3, 0.4) is 0 Å². The van der Waals surface area contributed by atoms with Crippen molar-refractivity contribution in [1.82, 2.24) is 0 Å². The van der Waals surface area contributed by atoms with E-state index in [0.717, 1.165) is 12.8 Å². The van der Waals surface area contributed by atoms with Crippen LogP contribution in [0.4, 0.5) is 0 Å². The van der Waals surface area contributed by atoms with Gasteiger partial charge in [-0.05, 0) is 0 Å². The Balaban J connectivity index is -0.000000196. The minimum Gasteiger partial charge on any atom is -1.00 e. The first kappa shape index (κ1) is 22.5. The van der Waals surface area contributed by atoms with Crippen LogP contribution in [-0.4, -0.2) is 0 Å². The van der Waals surface area contributed by atoms with Gasteiger partial charge in [0, 0.05) is 0 Å². The average Bonchev–Trinajstić information content (AvgIpc) is 2.80. The number of hydrogen-bond acceptors (Lipinski definition) is 0. The van der Waals surface area contributed by atoms with E-state index in [9.17, 15) is 0 Å². The van der Waals surface area contributed by atoms with Gasteiger partial charge in [-0.1, -0.05) is 27.2 Å². The topological polar surface area (TPSA) is 0 Å². The Morgan fingerprint density at radius 2 is 2.00 bits per heavy atom. The van der Waals surface area contributed by atoms with Gasteiger partial charge < -0.3 is 24.8 Å². The van der Waals surface area contributed by atoms with Gasteiger partial charge in [0.1, 0.15) is 0 Å². The molecule has 0 nitrogen and oxygen atoms in total. The van der Waals surface area contributed by atoms with Crippen molar-refractivity contribution >= 4 is 0 Å². The first-order valence-corrected chi connectivity index (χ1v) is 5.19. The van der Waals surface area contributed by atoms with Gasteiger partial charge in [-0.25, -0.2) is 23.8 Å². The summed E-state index contributed by atoms with van der Waals surface area (Å²) in [6.45, 7) is 6.39. The number of rotatable bonds is 1. The normalized spacial score (nSPS) is 11.1. The summed E-state index contributed by atoms with van der Waals surface area (Å²) < 4.78 is 0. The van der Waals surface area contributed by atoms with Gasteiger partial charge in [-0.2, -0.15) is 23.3 Å². The molecule has 0 N–H and O–H groups in total. The number of hydrogen-bond donors (Lipinski definition) is 0. The fourth-order valence-electron chi connectivity index (χ4n) is 1.29. The molecule has 3 heteroatoms. The van der Waals surface area contributed by atoms with Crippen molar-refractivity contribution in [1.29, 1.82) is 0 Å². The average molecular weight is 348 g/mol. The molecule has 0 atom stereocenters. The quantitative estimate of drug-likeness (QED) is 0.521. The Morgan fingerprint density at radius 1 is 1.35 bits per heavy atom. The zero-order valence-electron chi connectivity index (χ0n) is 10.6. The molecule has 1 aromatic carbocycles. The van der Waals surface area contributed by atoms with Crippen LogP contribution in [0.1, 0.15) is 30.9 Å². The monoisotopic (exact) mass is 346 g/mol. The van der Waals surface area contributed by atoms with Gasteiger partial charge in [0.15, 0.2) is 0 Å². The summed E-state index contributed by atoms with van der Waals surface area (Å²) in [5, 5.41) is 0. The van der Waals surface area contributed by atoms with E-state index < -0.39 is 0 Å². The maximum Gasteiger partial charge on any atom is 4.00 e. The fraction of sp³-hybridized carbons (Fsp3) is 0.357. The van der Waals surface area contributed by atoms with E-state index in [1.165, 1.54) is 16.7 Å². The third kappa shape index (κ3) is 8.94. The molecular formula is C14H18Cl2Zr. The third-order valence-electron chi connectivity index (χ3n) is 2.46. The van der Waals surface area contributed by atoms with E-state index in [-0.39, 0.29) is 51.0 Å². The second-order valence-electron chi connectivity index (χ2n) is 3.55. The summed E-state index contributed by atoms with van der Waals surface area (Å²) in [5.41, 5.74) is 4.14. The van der Waals surface area contributed by atoms with Crippen molar-refractivity contribution < 1.29 is 51.0 Å². The molecule has 2 rings (SSSR count). The third-order valence-corrected chi connectivity index (χ3v) is 2.46. The Morgan fingerprint density at radius 3 is 2.18 bits per heavy atom. The van der Waals surface area contributed by atoms with Crippen molar-refractivity contribution in [2.24, 2.45) is 0 Å². The van der Waals surface area contributed by atoms with Crippen LogP contribution in [0, 0.1) is 19.9 Å². The molecule has 0 aliphatic heterocycles. The first-order chi connectivity index (χ1) is 6.74. The standard InChI is InChI=1S/2C7H9.2ClH.Zr/c1-6-4-3-5-7(6)2;1-2-7-5-3-4-6-7;;;/h3-5H,1-2H3;3,5H,2,4H2,1H3;2*1H;/q2*-1;;;+4/p-2. The molecule has 0 aromatic heterocycles. The summed E-state index contributed by atoms with van der Waals surface area (Å²) in [5.74, 6) is 0. The first-order valence-electron chi connectivity index (χ1n) is 5.19. The maximum atomic E-state index is 3.21. The molecule has 0 radical (unpaired) electrons. The van der Waals surface area contributed by atoms with Crippen LogP contribution in [0.2, 0.25) is 0 Å². The molecule has 0 spiro atoms. The van der Waals surface area contributed by atoms with Crippen molar-refractivity contribution in [2.75, 3.05) is 0 Å². The van der Waals surface area contributed by atoms with Crippen LogP contribution < -0.4 is 24.8 Å². The molecule has 1 aromatic rings. The molecule has 0 unspecified atom stereocenters. The minimum absolute atomic E-state index is 0. The molecule has 0 saturated heterocycles. The molecular weight excluding hydrogens is 330 g/mol. The Bertz CT molecular complexity index is 321. The molecule has 0 bridgehead atoms. The molecule has 0 heterocycles. The van der Waals surface area contributed by atoms with Crippen LogP contribution in [-0.2, 0) is 26.2 Å². The largest absolute Gasteiger partial charge is 4.00 e. The summed E-state index contributed by atoms with van der Waals surface area (Å²) in [6.07, 6.45) is 9.65. The van der Waals surface area contributed by atoms with Gasteiger partial charge in [0.25, 0.3) is 0 Å². The van der Waals surface area contributed by atoms with E-state index in [4.69, 9.17) is 0 Å². The molecule has 0 fully saturated rings. The smallest absolute Gasteiger partial charge is 1.00 e. The summed E-state index contributed by atoms with van der Waals surface area (Å²) in [4.78, 5) is 0. The van der Waals surface area contributed by atoms with Crippen molar-refractivity contribution in [3.63, 3.8) is 0 Å². The van der Waals surface area contributed by atoms with E-state index in [0.29, 0.717) is 0 Å². The SMILES string of the molecule is CCC1=[C-]CC=C1.Cc1ccc[c-]1C.[Cl-].[Cl-].[Zr+4]. The van der Waals surface area contributed by atoms with Crippen LogP contribution >= 0.6 is 0 Å². The number of aryl methyl sites for hydroxylation is 2. The number of halogens is 2. The van der Waals surface area contributed by atoms with Crippen LogP contribution in [0.15, 0.2) is 35.9 Å². The fourth-order valence-corrected chi connectivity index (χ4v) is 1.29. The molecule has 1 aliphatic rings. The zero-order chi connectivity index (χ0) is 10.4. The van der Waals surface area contributed by atoms with Gasteiger partial charge >= 0.3 is 26.2 Å². The molecule has 1 aliphatic carbocycles. The van der Waals surface area contributed by atoms with E-state index in [1.54, 1.807) is 0 Å². The summed E-state index contributed by atoms with van der Waals surface area (Å²) in [6, 6.07) is 6.31. The van der Waals surface area contributed by atoms with Crippen molar-refractivity contribution in [3.05, 3.63) is 53.1 Å². The van der Waals surface area contributed by atoms with E-state index in [1.807, 2.05) is 0 Å². The molecule has 17 heavy (non-hydrogen) atoms. The van der Waals surface area contributed by atoms with Crippen molar-refractivity contribution in [2.45, 2.75) is 33.6 Å². The second kappa shape index (κ2) is 12.7. The van der Waals surface area contributed by atoms with Gasteiger partial charge in [-0.15, -0.1) is 6.42 Å². The molecule has 92 valence electrons. The predicted octanol–water partition coefficient (Wildman–Crippen LogP) is -1.89. The Labute approximate surface area is 137 Å². The van der Waals surface area contributed by atoms with Gasteiger partial charge in [0.05, 0.1) is 0 Å². The summed E-state index contributed by atoms with van der Waals surface area (Å²) >= 11 is 0. The zero-order valence-corrected chi connectivity index (χ0v) is 14.5. The summed E-state index contributed by atoms with van der Waals surface area (Å²) in [7, 11) is 0.